The summed E-state index contributed by atoms with van der Waals surface area (Å²) in [6, 6.07) is 40.0. The molecule has 0 bridgehead atoms. The van der Waals surface area contributed by atoms with Crippen molar-refractivity contribution in [3.8, 4) is 5.75 Å². The molecule has 0 radical (unpaired) electrons. The molecular formula is C77H128O8Si4. The number of rotatable bonds is 35. The van der Waals surface area contributed by atoms with E-state index in [9.17, 15) is 5.11 Å². The molecule has 0 aliphatic heterocycles. The van der Waals surface area contributed by atoms with Crippen LogP contribution in [-0.4, -0.2) is 89.2 Å². The molecule has 4 aromatic rings. The third kappa shape index (κ3) is 22.2. The molecular weight excluding hydrogens is 1170 g/mol. The molecule has 12 heteroatoms. The standard InChI is InChI=1S/C77H128O8Si4/c1-58(40-38-54-81-77(64-41-30-27-31-42-64,65-43-32-28-33-44-65)66-45-34-29-35-46-66)70(84-88(23,24)75(12,13)14)55-68(82-86(19,20)73(6,7)8)51-48-60(3)71(85-89(25,26)76(15,16)17)59(2)39-36-37-47-69(83-87(21,22)74(9,10)11)62(5)72(61(4)56-78)80-57-63-49-52-67(79-18)53-50-63/h27-35,38,40-46,48-53,58-62,68-72,78H,36-37,39,47,54-57H2,1-26H3/b40-38+,51-48-/t58-,59+,60+,61+,62+,68-,69-,70+,71-,72+/m1/s1. The Hall–Kier alpha value is -3.25. The molecule has 4 aromatic carbocycles. The number of methoxy groups -OCH3 is 1. The minimum atomic E-state index is -2.29. The van der Waals surface area contributed by atoms with Gasteiger partial charge in [-0.2, -0.15) is 0 Å². The van der Waals surface area contributed by atoms with E-state index >= 15 is 0 Å². The Morgan fingerprint density at radius 1 is 0.461 bits per heavy atom. The SMILES string of the molecule is COc1ccc(CO[C@H]([C@@H](C)[C@@H](CCCC[C@H](C)[C@@H](O[Si](C)(C)C(C)(C)C)[C@@H](C)/C=C\[C@H](C[C@H](O[Si](C)(C)C(C)(C)C)[C@H](C)/C=C/COC(c2ccccc2)(c2ccccc2)c2ccccc2)O[Si](C)(C)C(C)(C)C)O[Si](C)(C)C(C)(C)C)[C@@H](C)CO)cc1. The van der Waals surface area contributed by atoms with Crippen molar-refractivity contribution < 1.29 is 37.0 Å². The van der Waals surface area contributed by atoms with Gasteiger partial charge in [0.15, 0.2) is 33.3 Å². The number of ether oxygens (including phenoxy) is 3. The van der Waals surface area contributed by atoms with E-state index in [4.69, 9.17) is 31.9 Å². The van der Waals surface area contributed by atoms with Crippen LogP contribution < -0.4 is 4.74 Å². The van der Waals surface area contributed by atoms with Crippen molar-refractivity contribution in [2.24, 2.45) is 29.6 Å². The summed E-state index contributed by atoms with van der Waals surface area (Å²) >= 11 is 0. The lowest BCUT2D eigenvalue weighted by molar-refractivity contribution is -0.0732. The Labute approximate surface area is 549 Å². The topological polar surface area (TPSA) is 84.8 Å². The highest BCUT2D eigenvalue weighted by molar-refractivity contribution is 6.75. The second-order valence-corrected chi connectivity index (χ2v) is 51.4. The molecule has 8 nitrogen and oxygen atoms in total. The summed E-state index contributed by atoms with van der Waals surface area (Å²) in [5.41, 5.74) is 3.52. The van der Waals surface area contributed by atoms with Crippen molar-refractivity contribution in [1.29, 1.82) is 0 Å². The van der Waals surface area contributed by atoms with E-state index in [1.807, 2.05) is 12.1 Å². The van der Waals surface area contributed by atoms with Crippen LogP contribution in [0.2, 0.25) is 72.5 Å². The summed E-state index contributed by atoms with van der Waals surface area (Å²) in [6.07, 6.45) is 13.7. The predicted octanol–water partition coefficient (Wildman–Crippen LogP) is 21.4. The Morgan fingerprint density at radius 2 is 0.888 bits per heavy atom. The molecule has 0 amide bonds. The molecule has 0 spiro atoms. The highest BCUT2D eigenvalue weighted by Gasteiger charge is 2.46. The van der Waals surface area contributed by atoms with Crippen LogP contribution >= 0.6 is 0 Å². The smallest absolute Gasteiger partial charge is 0.192 e. The normalized spacial score (nSPS) is 17.2. The number of hydrogen-bond acceptors (Lipinski definition) is 8. The van der Waals surface area contributed by atoms with Gasteiger partial charge in [-0.05, 0) is 138 Å². The molecule has 89 heavy (non-hydrogen) atoms. The number of aliphatic hydroxyl groups is 1. The van der Waals surface area contributed by atoms with Crippen LogP contribution in [0.25, 0.3) is 0 Å². The van der Waals surface area contributed by atoms with Gasteiger partial charge in [0.1, 0.15) is 11.4 Å². The maximum Gasteiger partial charge on any atom is 0.192 e. The zero-order valence-electron chi connectivity index (χ0n) is 61.0. The van der Waals surface area contributed by atoms with Crippen LogP contribution in [0.15, 0.2) is 140 Å². The molecule has 0 unspecified atom stereocenters. The monoisotopic (exact) mass is 1290 g/mol. The predicted molar refractivity (Wildman–Crippen MR) is 389 cm³/mol. The van der Waals surface area contributed by atoms with Crippen LogP contribution in [0.3, 0.4) is 0 Å². The lowest BCUT2D eigenvalue weighted by Crippen LogP contribution is -2.48. The van der Waals surface area contributed by atoms with Crippen molar-refractivity contribution in [1.82, 2.24) is 0 Å². The molecule has 0 aromatic heterocycles. The molecule has 10 atom stereocenters. The molecule has 0 saturated carbocycles. The molecule has 0 saturated heterocycles. The average Bonchev–Trinajstić information content (AvgIpc) is 1.68. The molecule has 4 rings (SSSR count). The van der Waals surface area contributed by atoms with Crippen LogP contribution in [0.1, 0.15) is 172 Å². The van der Waals surface area contributed by atoms with E-state index in [2.05, 4.69) is 298 Å². The van der Waals surface area contributed by atoms with Crippen molar-refractivity contribution in [2.45, 2.75) is 265 Å². The maximum atomic E-state index is 10.6. The van der Waals surface area contributed by atoms with Gasteiger partial charge in [-0.25, -0.2) is 0 Å². The number of hydrogen-bond donors (Lipinski definition) is 1. The van der Waals surface area contributed by atoms with Gasteiger partial charge in [0, 0.05) is 24.9 Å². The first-order chi connectivity index (χ1) is 41.1. The van der Waals surface area contributed by atoms with Crippen molar-refractivity contribution in [3.63, 3.8) is 0 Å². The Bertz CT molecular complexity index is 2600. The maximum absolute atomic E-state index is 10.6. The molecule has 500 valence electrons. The summed E-state index contributed by atoms with van der Waals surface area (Å²) in [5.74, 6) is 1.30. The van der Waals surface area contributed by atoms with Gasteiger partial charge in [0.2, 0.25) is 0 Å². The van der Waals surface area contributed by atoms with Crippen LogP contribution in [0.4, 0.5) is 0 Å². The van der Waals surface area contributed by atoms with E-state index < -0.39 is 38.9 Å². The fraction of sp³-hybridized carbons (Fsp3) is 0.636. The van der Waals surface area contributed by atoms with Gasteiger partial charge in [0.05, 0.1) is 50.8 Å². The second-order valence-electron chi connectivity index (χ2n) is 32.4. The minimum absolute atomic E-state index is 0.00337. The van der Waals surface area contributed by atoms with Crippen LogP contribution in [0, 0.1) is 29.6 Å². The largest absolute Gasteiger partial charge is 0.497 e. The molecule has 0 heterocycles. The lowest BCUT2D eigenvalue weighted by atomic mass is 9.80. The van der Waals surface area contributed by atoms with E-state index in [0.717, 1.165) is 60.1 Å². The zero-order valence-corrected chi connectivity index (χ0v) is 65.0. The highest BCUT2D eigenvalue weighted by Crippen LogP contribution is 2.45. The Morgan fingerprint density at radius 3 is 1.33 bits per heavy atom. The highest BCUT2D eigenvalue weighted by atomic mass is 28.4. The van der Waals surface area contributed by atoms with Gasteiger partial charge < -0.3 is 37.0 Å². The van der Waals surface area contributed by atoms with Crippen LogP contribution in [0.5, 0.6) is 5.75 Å². The Kier molecular flexibility index (Phi) is 29.2. The second kappa shape index (κ2) is 33.2. The summed E-state index contributed by atoms with van der Waals surface area (Å²) in [5, 5.41) is 10.7. The van der Waals surface area contributed by atoms with Crippen molar-refractivity contribution >= 4 is 33.3 Å². The fourth-order valence-corrected chi connectivity index (χ4v) is 16.5. The van der Waals surface area contributed by atoms with E-state index in [1.165, 1.54) is 0 Å². The average molecular weight is 1290 g/mol. The summed E-state index contributed by atoms with van der Waals surface area (Å²) in [4.78, 5) is 0. The van der Waals surface area contributed by atoms with Gasteiger partial charge in [-0.3, -0.25) is 0 Å². The minimum Gasteiger partial charge on any atom is -0.497 e. The first-order valence-corrected chi connectivity index (χ1v) is 45.5. The summed E-state index contributed by atoms with van der Waals surface area (Å²) in [6.45, 7) is 59.6. The zero-order chi connectivity index (χ0) is 67.0. The number of aliphatic hydroxyl groups excluding tert-OH is 1. The summed E-state index contributed by atoms with van der Waals surface area (Å²) in [7, 11) is -7.29. The molecule has 0 fully saturated rings. The van der Waals surface area contributed by atoms with Crippen LogP contribution in [-0.2, 0) is 39.4 Å². The van der Waals surface area contributed by atoms with E-state index in [-0.39, 0.29) is 81.0 Å². The first kappa shape index (κ1) is 78.2. The third-order valence-corrected chi connectivity index (χ3v) is 39.1. The quantitative estimate of drug-likeness (QED) is 0.0211. The number of unbranched alkanes of at least 4 members (excludes halogenated alkanes) is 1. The molecule has 0 aliphatic carbocycles. The molecule has 0 aliphatic rings. The Balaban J connectivity index is 1.70. The number of benzene rings is 4. The first-order valence-electron chi connectivity index (χ1n) is 33.9. The van der Waals surface area contributed by atoms with Gasteiger partial charge in [-0.1, -0.05) is 258 Å². The van der Waals surface area contributed by atoms with E-state index in [0.29, 0.717) is 19.1 Å². The fourth-order valence-electron chi connectivity index (χ4n) is 10.9. The van der Waals surface area contributed by atoms with E-state index in [1.54, 1.807) is 7.11 Å². The van der Waals surface area contributed by atoms with Gasteiger partial charge in [-0.15, -0.1) is 0 Å². The van der Waals surface area contributed by atoms with Crippen molar-refractivity contribution in [2.75, 3.05) is 20.3 Å². The third-order valence-electron chi connectivity index (χ3n) is 21.1. The lowest BCUT2D eigenvalue weighted by Gasteiger charge is -2.44. The van der Waals surface area contributed by atoms with Gasteiger partial charge >= 0.3 is 0 Å². The summed E-state index contributed by atoms with van der Waals surface area (Å²) < 4.78 is 49.7. The van der Waals surface area contributed by atoms with Gasteiger partial charge in [0.25, 0.3) is 0 Å². The van der Waals surface area contributed by atoms with Crippen molar-refractivity contribution in [3.05, 3.63) is 162 Å². The molecule has 1 N–H and O–H groups in total.